The van der Waals surface area contributed by atoms with Crippen molar-refractivity contribution >= 4 is 54.5 Å². The Hall–Kier alpha value is -0.420. The molecule has 0 nitrogen and oxygen atoms in total. The van der Waals surface area contributed by atoms with Crippen LogP contribution in [0.1, 0.15) is 140 Å². The summed E-state index contributed by atoms with van der Waals surface area (Å²) in [6.07, 6.45) is 18.8. The molecular formula is C34H44Br2S2. The monoisotopic (exact) mass is 674 g/mol. The van der Waals surface area contributed by atoms with Gasteiger partial charge in [-0.1, -0.05) is 105 Å². The molecule has 0 saturated carbocycles. The molecule has 1 aromatic carbocycles. The van der Waals surface area contributed by atoms with Gasteiger partial charge in [0, 0.05) is 20.6 Å². The van der Waals surface area contributed by atoms with E-state index < -0.39 is 0 Å². The minimum Gasteiger partial charge on any atom is -0.128 e. The standard InChI is InChI=1S/C34H44Br2S2/c1-5-7-9-11-13-15-17-33(3)25-19-24-26(20-23(25)31-27(33)21-29(35)37-31)34(4,18-16-14-12-10-8-6-2)28-22-30(36)38-32(24)28/h19-22H,5-18H2,1-4H3. The highest BCUT2D eigenvalue weighted by atomic mass is 79.9. The average Bonchev–Trinajstić information content (AvgIpc) is 3.59. The van der Waals surface area contributed by atoms with Crippen LogP contribution in [0.3, 0.4) is 0 Å². The zero-order chi connectivity index (χ0) is 26.9. The summed E-state index contributed by atoms with van der Waals surface area (Å²) in [5, 5.41) is 0. The molecule has 0 bridgehead atoms. The number of unbranched alkanes of at least 4 members (excludes halogenated alkanes) is 10. The Bertz CT molecular complexity index is 1170. The Balaban J connectivity index is 1.48. The molecule has 0 aliphatic heterocycles. The number of fused-ring (bicyclic) bond motifs is 6. The summed E-state index contributed by atoms with van der Waals surface area (Å²) in [5.74, 6) is 0. The normalized spacial score (nSPS) is 21.0. The second-order valence-electron chi connectivity index (χ2n) is 12.2. The van der Waals surface area contributed by atoms with E-state index in [0.29, 0.717) is 0 Å². The summed E-state index contributed by atoms with van der Waals surface area (Å²) in [7, 11) is 0. The smallest absolute Gasteiger partial charge is 0.0708 e. The first-order chi connectivity index (χ1) is 18.3. The highest BCUT2D eigenvalue weighted by molar-refractivity contribution is 9.11. The minimum atomic E-state index is 0.111. The van der Waals surface area contributed by atoms with Gasteiger partial charge in [0.25, 0.3) is 0 Å². The third-order valence-corrected chi connectivity index (χ3v) is 12.8. The lowest BCUT2D eigenvalue weighted by Gasteiger charge is -2.29. The van der Waals surface area contributed by atoms with Crippen molar-refractivity contribution < 1.29 is 0 Å². The van der Waals surface area contributed by atoms with Gasteiger partial charge in [-0.15, -0.1) is 22.7 Å². The molecule has 0 spiro atoms. The molecule has 0 radical (unpaired) electrons. The lowest BCUT2D eigenvalue weighted by Crippen LogP contribution is -2.22. The van der Waals surface area contributed by atoms with E-state index >= 15 is 0 Å². The molecule has 206 valence electrons. The molecule has 0 saturated heterocycles. The SMILES string of the molecule is CCCCCCCCC1(C)c2cc3c(cc2-c2sc(Br)cc21)C(C)(CCCCCCCC)c1cc(Br)sc1-3. The minimum absolute atomic E-state index is 0.111. The third-order valence-electron chi connectivity index (χ3n) is 9.49. The first-order valence-corrected chi connectivity index (χ1v) is 18.3. The predicted octanol–water partition coefficient (Wildman–Crippen LogP) is 13.4. The van der Waals surface area contributed by atoms with Crippen LogP contribution in [0.25, 0.3) is 20.9 Å². The van der Waals surface area contributed by atoms with Gasteiger partial charge in [0.05, 0.1) is 7.57 Å². The fourth-order valence-electron chi connectivity index (χ4n) is 7.18. The van der Waals surface area contributed by atoms with Crippen molar-refractivity contribution in [2.75, 3.05) is 0 Å². The fourth-order valence-corrected chi connectivity index (χ4v) is 10.7. The van der Waals surface area contributed by atoms with Crippen molar-refractivity contribution in [3.8, 4) is 20.9 Å². The lowest BCUT2D eigenvalue weighted by atomic mass is 9.73. The number of thiophene rings is 2. The summed E-state index contributed by atoms with van der Waals surface area (Å²) in [6, 6.07) is 10.1. The number of hydrogen-bond donors (Lipinski definition) is 0. The molecule has 4 heteroatoms. The molecule has 0 amide bonds. The Morgan fingerprint density at radius 1 is 0.526 bits per heavy atom. The van der Waals surface area contributed by atoms with Gasteiger partial charge < -0.3 is 0 Å². The number of halogens is 2. The highest BCUT2D eigenvalue weighted by Gasteiger charge is 2.46. The van der Waals surface area contributed by atoms with Crippen LogP contribution >= 0.6 is 54.5 Å². The second kappa shape index (κ2) is 12.2. The number of rotatable bonds is 14. The van der Waals surface area contributed by atoms with Crippen molar-refractivity contribution in [2.24, 2.45) is 0 Å². The molecule has 38 heavy (non-hydrogen) atoms. The Morgan fingerprint density at radius 3 is 1.29 bits per heavy atom. The van der Waals surface area contributed by atoms with E-state index in [2.05, 4.69) is 83.8 Å². The molecule has 0 fully saturated rings. The van der Waals surface area contributed by atoms with Crippen molar-refractivity contribution in [1.29, 1.82) is 0 Å². The van der Waals surface area contributed by atoms with Crippen LogP contribution < -0.4 is 0 Å². The second-order valence-corrected chi connectivity index (χ2v) is 17.1. The largest absolute Gasteiger partial charge is 0.128 e. The van der Waals surface area contributed by atoms with Crippen LogP contribution in [0, 0.1) is 0 Å². The average molecular weight is 677 g/mol. The predicted molar refractivity (Wildman–Crippen MR) is 177 cm³/mol. The van der Waals surface area contributed by atoms with Crippen molar-refractivity contribution in [2.45, 2.75) is 128 Å². The zero-order valence-electron chi connectivity index (χ0n) is 23.8. The fraction of sp³-hybridized carbons (Fsp3) is 0.588. The van der Waals surface area contributed by atoms with Gasteiger partial charge in [0.2, 0.25) is 0 Å². The first-order valence-electron chi connectivity index (χ1n) is 15.1. The van der Waals surface area contributed by atoms with E-state index in [1.54, 1.807) is 22.3 Å². The van der Waals surface area contributed by atoms with Crippen LogP contribution in [0.15, 0.2) is 31.8 Å². The van der Waals surface area contributed by atoms with Gasteiger partial charge in [-0.3, -0.25) is 0 Å². The summed E-state index contributed by atoms with van der Waals surface area (Å²) >= 11 is 11.6. The Morgan fingerprint density at radius 2 is 0.895 bits per heavy atom. The van der Waals surface area contributed by atoms with E-state index in [9.17, 15) is 0 Å². The number of hydrogen-bond acceptors (Lipinski definition) is 2. The van der Waals surface area contributed by atoms with Crippen LogP contribution in [0.4, 0.5) is 0 Å². The van der Waals surface area contributed by atoms with Gasteiger partial charge in [-0.05, 0) is 102 Å². The highest BCUT2D eigenvalue weighted by Crippen LogP contribution is 2.61. The summed E-state index contributed by atoms with van der Waals surface area (Å²) in [4.78, 5) is 3.03. The van der Waals surface area contributed by atoms with Crippen LogP contribution in [-0.4, -0.2) is 0 Å². The van der Waals surface area contributed by atoms with E-state index in [1.807, 2.05) is 22.7 Å². The van der Waals surface area contributed by atoms with Crippen molar-refractivity contribution in [3.63, 3.8) is 0 Å². The first kappa shape index (κ1) is 29.1. The van der Waals surface area contributed by atoms with E-state index in [1.165, 1.54) is 118 Å². The quantitative estimate of drug-likeness (QED) is 0.149. The Labute approximate surface area is 256 Å². The molecule has 0 N–H and O–H groups in total. The number of benzene rings is 1. The molecule has 2 aromatic heterocycles. The van der Waals surface area contributed by atoms with Gasteiger partial charge in [-0.2, -0.15) is 0 Å². The van der Waals surface area contributed by atoms with Crippen LogP contribution in [-0.2, 0) is 10.8 Å². The van der Waals surface area contributed by atoms with Gasteiger partial charge in [0.1, 0.15) is 0 Å². The summed E-state index contributed by atoms with van der Waals surface area (Å²) in [6.45, 7) is 9.68. The molecule has 5 rings (SSSR count). The van der Waals surface area contributed by atoms with Crippen LogP contribution in [0.2, 0.25) is 0 Å². The van der Waals surface area contributed by atoms with E-state index in [0.717, 1.165) is 0 Å². The van der Waals surface area contributed by atoms with Crippen molar-refractivity contribution in [3.05, 3.63) is 54.1 Å². The lowest BCUT2D eigenvalue weighted by molar-refractivity contribution is 0.477. The maximum Gasteiger partial charge on any atom is 0.0708 e. The molecular weight excluding hydrogens is 632 g/mol. The molecule has 3 aromatic rings. The molecule has 2 aliphatic rings. The van der Waals surface area contributed by atoms with E-state index in [4.69, 9.17) is 0 Å². The Kier molecular flexibility index (Phi) is 9.35. The summed E-state index contributed by atoms with van der Waals surface area (Å²) in [5.41, 5.74) is 9.55. The molecule has 2 aliphatic carbocycles. The topological polar surface area (TPSA) is 0 Å². The molecule has 2 unspecified atom stereocenters. The molecule has 2 heterocycles. The van der Waals surface area contributed by atoms with Gasteiger partial charge in [-0.25, -0.2) is 0 Å². The maximum absolute atomic E-state index is 3.86. The molecule has 2 atom stereocenters. The van der Waals surface area contributed by atoms with Crippen molar-refractivity contribution in [1.82, 2.24) is 0 Å². The van der Waals surface area contributed by atoms with E-state index in [-0.39, 0.29) is 10.8 Å². The third kappa shape index (κ3) is 5.30. The van der Waals surface area contributed by atoms with Gasteiger partial charge >= 0.3 is 0 Å². The zero-order valence-corrected chi connectivity index (χ0v) is 28.6. The maximum atomic E-state index is 3.86. The van der Waals surface area contributed by atoms with Gasteiger partial charge in [0.15, 0.2) is 0 Å². The summed E-state index contributed by atoms with van der Waals surface area (Å²) < 4.78 is 2.56. The van der Waals surface area contributed by atoms with Crippen LogP contribution in [0.5, 0.6) is 0 Å².